The van der Waals surface area contributed by atoms with Gasteiger partial charge in [-0.25, -0.2) is 4.98 Å². The zero-order chi connectivity index (χ0) is 10.4. The van der Waals surface area contributed by atoms with E-state index in [1.807, 2.05) is 12.3 Å². The number of hydrogen-bond acceptors (Lipinski definition) is 3. The fraction of sp³-hybridized carbons (Fsp3) is 0.400. The predicted octanol–water partition coefficient (Wildman–Crippen LogP) is 1.69. The molecule has 1 N–H and O–H groups in total. The van der Waals surface area contributed by atoms with E-state index >= 15 is 0 Å². The summed E-state index contributed by atoms with van der Waals surface area (Å²) < 4.78 is 0. The molecule has 0 saturated heterocycles. The number of amides is 1. The predicted molar refractivity (Wildman–Crippen MR) is 58.4 cm³/mol. The van der Waals surface area contributed by atoms with E-state index < -0.39 is 0 Å². The van der Waals surface area contributed by atoms with Gasteiger partial charge in [0.1, 0.15) is 0 Å². The molecule has 0 aromatic carbocycles. The van der Waals surface area contributed by atoms with Crippen molar-refractivity contribution in [1.29, 1.82) is 0 Å². The first-order chi connectivity index (χ1) is 6.72. The molecule has 0 aliphatic heterocycles. The second-order valence-electron chi connectivity index (χ2n) is 2.96. The molecule has 0 bridgehead atoms. The van der Waals surface area contributed by atoms with Crippen molar-refractivity contribution < 1.29 is 4.79 Å². The van der Waals surface area contributed by atoms with E-state index in [2.05, 4.69) is 16.9 Å². The lowest BCUT2D eigenvalue weighted by Crippen LogP contribution is -2.25. The molecule has 0 spiro atoms. The standard InChI is InChI=1S/C10H14N2OS/c1-3-4-5-11-10(13)6-9-7-14-8(2)12-9/h3,7H,1,4-6H2,2H3,(H,11,13). The maximum absolute atomic E-state index is 11.3. The van der Waals surface area contributed by atoms with Crippen molar-refractivity contribution in [3.05, 3.63) is 28.7 Å². The topological polar surface area (TPSA) is 42.0 Å². The van der Waals surface area contributed by atoms with Gasteiger partial charge in [0.2, 0.25) is 5.91 Å². The highest BCUT2D eigenvalue weighted by molar-refractivity contribution is 7.09. The lowest BCUT2D eigenvalue weighted by molar-refractivity contribution is -0.120. The van der Waals surface area contributed by atoms with E-state index in [0.29, 0.717) is 13.0 Å². The average molecular weight is 210 g/mol. The van der Waals surface area contributed by atoms with Crippen molar-refractivity contribution in [1.82, 2.24) is 10.3 Å². The van der Waals surface area contributed by atoms with Gasteiger partial charge >= 0.3 is 0 Å². The van der Waals surface area contributed by atoms with E-state index in [1.165, 1.54) is 0 Å². The third-order valence-corrected chi connectivity index (χ3v) is 2.50. The van der Waals surface area contributed by atoms with Crippen LogP contribution in [0.3, 0.4) is 0 Å². The summed E-state index contributed by atoms with van der Waals surface area (Å²) in [6.45, 7) is 6.18. The van der Waals surface area contributed by atoms with E-state index in [4.69, 9.17) is 0 Å². The molecular weight excluding hydrogens is 196 g/mol. The minimum atomic E-state index is 0.0251. The van der Waals surface area contributed by atoms with Crippen LogP contribution in [0.25, 0.3) is 0 Å². The molecular formula is C10H14N2OS. The monoisotopic (exact) mass is 210 g/mol. The molecule has 14 heavy (non-hydrogen) atoms. The Bertz CT molecular complexity index is 320. The van der Waals surface area contributed by atoms with Crippen LogP contribution < -0.4 is 5.32 Å². The van der Waals surface area contributed by atoms with E-state index in [-0.39, 0.29) is 5.91 Å². The van der Waals surface area contributed by atoms with Gasteiger partial charge in [0.15, 0.2) is 0 Å². The largest absolute Gasteiger partial charge is 0.355 e. The van der Waals surface area contributed by atoms with Crippen molar-refractivity contribution in [2.75, 3.05) is 6.54 Å². The summed E-state index contributed by atoms with van der Waals surface area (Å²) in [6.07, 6.45) is 2.97. The average Bonchev–Trinajstić information content (AvgIpc) is 2.52. The third-order valence-electron chi connectivity index (χ3n) is 1.68. The van der Waals surface area contributed by atoms with Crippen LogP contribution in [0.5, 0.6) is 0 Å². The van der Waals surface area contributed by atoms with Gasteiger partial charge in [0, 0.05) is 11.9 Å². The molecule has 0 atom stereocenters. The smallest absolute Gasteiger partial charge is 0.226 e. The third kappa shape index (κ3) is 3.70. The molecule has 76 valence electrons. The second kappa shape index (κ2) is 5.54. The normalized spacial score (nSPS) is 9.79. The molecule has 4 heteroatoms. The zero-order valence-corrected chi connectivity index (χ0v) is 9.06. The van der Waals surface area contributed by atoms with Crippen LogP contribution in [0.1, 0.15) is 17.1 Å². The first-order valence-corrected chi connectivity index (χ1v) is 5.39. The van der Waals surface area contributed by atoms with Gasteiger partial charge < -0.3 is 5.32 Å². The van der Waals surface area contributed by atoms with Crippen molar-refractivity contribution in [3.8, 4) is 0 Å². The Balaban J connectivity index is 2.30. The summed E-state index contributed by atoms with van der Waals surface area (Å²) in [4.78, 5) is 15.5. The molecule has 0 aliphatic carbocycles. The van der Waals surface area contributed by atoms with Crippen molar-refractivity contribution >= 4 is 17.2 Å². The van der Waals surface area contributed by atoms with Crippen LogP contribution in [0.2, 0.25) is 0 Å². The molecule has 0 aliphatic rings. The van der Waals surface area contributed by atoms with Crippen molar-refractivity contribution in [2.45, 2.75) is 19.8 Å². The van der Waals surface area contributed by atoms with Gasteiger partial charge in [-0.1, -0.05) is 6.08 Å². The number of aryl methyl sites for hydroxylation is 1. The number of carbonyl (C=O) groups is 1. The van der Waals surface area contributed by atoms with E-state index in [0.717, 1.165) is 17.1 Å². The van der Waals surface area contributed by atoms with Gasteiger partial charge in [-0.15, -0.1) is 17.9 Å². The summed E-state index contributed by atoms with van der Waals surface area (Å²) in [5.41, 5.74) is 0.851. The van der Waals surface area contributed by atoms with E-state index in [9.17, 15) is 4.79 Å². The first-order valence-electron chi connectivity index (χ1n) is 4.51. The number of thiazole rings is 1. The summed E-state index contributed by atoms with van der Waals surface area (Å²) >= 11 is 1.57. The maximum Gasteiger partial charge on any atom is 0.226 e. The minimum Gasteiger partial charge on any atom is -0.355 e. The lowest BCUT2D eigenvalue weighted by atomic mass is 10.3. The van der Waals surface area contributed by atoms with Gasteiger partial charge in [0.05, 0.1) is 17.1 Å². The molecule has 0 unspecified atom stereocenters. The first kappa shape index (κ1) is 10.9. The highest BCUT2D eigenvalue weighted by Crippen LogP contribution is 2.07. The number of hydrogen-bond donors (Lipinski definition) is 1. The SMILES string of the molecule is C=CCCNC(=O)Cc1csc(C)n1. The molecule has 0 saturated carbocycles. The summed E-state index contributed by atoms with van der Waals surface area (Å²) in [5, 5.41) is 5.71. The highest BCUT2D eigenvalue weighted by atomic mass is 32.1. The number of nitrogens with zero attached hydrogens (tertiary/aromatic N) is 1. The number of rotatable bonds is 5. The Morgan fingerprint density at radius 3 is 3.14 bits per heavy atom. The zero-order valence-electron chi connectivity index (χ0n) is 8.25. The molecule has 3 nitrogen and oxygen atoms in total. The Labute approximate surface area is 87.9 Å². The van der Waals surface area contributed by atoms with Gasteiger partial charge in [0.25, 0.3) is 0 Å². The lowest BCUT2D eigenvalue weighted by Gasteiger charge is -2.00. The Kier molecular flexibility index (Phi) is 4.32. The fourth-order valence-corrected chi connectivity index (χ4v) is 1.64. The van der Waals surface area contributed by atoms with Crippen LogP contribution in [0.4, 0.5) is 0 Å². The molecule has 1 aromatic heterocycles. The molecule has 1 rings (SSSR count). The van der Waals surface area contributed by atoms with Crippen LogP contribution in [0.15, 0.2) is 18.0 Å². The van der Waals surface area contributed by atoms with Gasteiger partial charge in [-0.3, -0.25) is 4.79 Å². The number of nitrogens with one attached hydrogen (secondary N) is 1. The Hall–Kier alpha value is -1.16. The summed E-state index contributed by atoms with van der Waals surface area (Å²) in [6, 6.07) is 0. The Morgan fingerprint density at radius 1 is 1.79 bits per heavy atom. The maximum atomic E-state index is 11.3. The van der Waals surface area contributed by atoms with Gasteiger partial charge in [-0.2, -0.15) is 0 Å². The molecule has 0 fully saturated rings. The molecule has 1 heterocycles. The Morgan fingerprint density at radius 2 is 2.57 bits per heavy atom. The highest BCUT2D eigenvalue weighted by Gasteiger charge is 2.04. The summed E-state index contributed by atoms with van der Waals surface area (Å²) in [5.74, 6) is 0.0251. The van der Waals surface area contributed by atoms with Crippen LogP contribution in [0, 0.1) is 6.92 Å². The number of carbonyl (C=O) groups excluding carboxylic acids is 1. The van der Waals surface area contributed by atoms with Gasteiger partial charge in [-0.05, 0) is 13.3 Å². The fourth-order valence-electron chi connectivity index (χ4n) is 1.03. The minimum absolute atomic E-state index is 0.0251. The second-order valence-corrected chi connectivity index (χ2v) is 4.02. The molecule has 1 amide bonds. The van der Waals surface area contributed by atoms with Crippen LogP contribution >= 0.6 is 11.3 Å². The van der Waals surface area contributed by atoms with Crippen molar-refractivity contribution in [2.24, 2.45) is 0 Å². The number of aromatic nitrogens is 1. The molecule has 0 radical (unpaired) electrons. The van der Waals surface area contributed by atoms with E-state index in [1.54, 1.807) is 17.4 Å². The quantitative estimate of drug-likeness (QED) is 0.593. The summed E-state index contributed by atoms with van der Waals surface area (Å²) in [7, 11) is 0. The van der Waals surface area contributed by atoms with Crippen LogP contribution in [-0.4, -0.2) is 17.4 Å². The molecule has 1 aromatic rings. The van der Waals surface area contributed by atoms with Crippen LogP contribution in [-0.2, 0) is 11.2 Å². The van der Waals surface area contributed by atoms with Crippen molar-refractivity contribution in [3.63, 3.8) is 0 Å².